The highest BCUT2D eigenvalue weighted by Crippen LogP contribution is 2.31. The molecule has 2 aliphatic rings. The van der Waals surface area contributed by atoms with Crippen molar-refractivity contribution in [3.05, 3.63) is 92.8 Å². The number of aromatic nitrogens is 4. The minimum Gasteiger partial charge on any atom is -0.391 e. The maximum atomic E-state index is 14.0. The molecule has 22 heteroatoms. The average Bonchev–Trinajstić information content (AvgIpc) is 4.11. The van der Waals surface area contributed by atoms with Gasteiger partial charge in [-0.15, -0.1) is 11.3 Å². The van der Waals surface area contributed by atoms with Gasteiger partial charge in [0, 0.05) is 58.2 Å². The van der Waals surface area contributed by atoms with E-state index in [0.717, 1.165) is 27.3 Å². The molecule has 5 amide bonds. The van der Waals surface area contributed by atoms with Gasteiger partial charge in [-0.25, -0.2) is 19.9 Å². The predicted octanol–water partition coefficient (Wildman–Crippen LogP) is 5.90. The molecular weight excluding hydrogens is 982 g/mol. The Kier molecular flexibility index (Phi) is 18.3. The number of anilines is 4. The Hall–Kier alpha value is -6.10. The second kappa shape index (κ2) is 24.5. The number of carbonyl (C=O) groups is 5. The van der Waals surface area contributed by atoms with Crippen LogP contribution in [0.25, 0.3) is 10.4 Å². The Labute approximate surface area is 432 Å². The molecule has 72 heavy (non-hydrogen) atoms. The molecule has 0 unspecified atom stereocenters. The molecule has 19 nitrogen and oxygen atoms in total. The molecule has 384 valence electrons. The average molecular weight is 1040 g/mol. The summed E-state index contributed by atoms with van der Waals surface area (Å²) in [7, 11) is 0. The number of carbonyl (C=O) groups excluding carboxylic acids is 5. The van der Waals surface area contributed by atoms with Gasteiger partial charge >= 0.3 is 0 Å². The molecule has 0 aliphatic carbocycles. The number of likely N-dealkylation sites (tertiary alicyclic amines) is 1. The summed E-state index contributed by atoms with van der Waals surface area (Å²) >= 11 is 9.05. The van der Waals surface area contributed by atoms with Crippen LogP contribution in [0.5, 0.6) is 0 Å². The molecule has 2 fully saturated rings. The van der Waals surface area contributed by atoms with E-state index in [9.17, 15) is 29.1 Å². The number of ether oxygens (including phenoxy) is 2. The van der Waals surface area contributed by atoms with E-state index < -0.39 is 35.4 Å². The second-order valence-electron chi connectivity index (χ2n) is 18.7. The molecule has 0 spiro atoms. The Balaban J connectivity index is 0.775. The number of thiazole rings is 2. The number of para-hydroxylation sites is 1. The van der Waals surface area contributed by atoms with Crippen molar-refractivity contribution >= 4 is 86.3 Å². The molecule has 7 rings (SSSR count). The van der Waals surface area contributed by atoms with Gasteiger partial charge in [0.15, 0.2) is 5.13 Å². The number of benzene rings is 2. The lowest BCUT2D eigenvalue weighted by molar-refractivity contribution is -0.144. The number of nitrogens with zero attached hydrogens (tertiary/aromatic N) is 7. The highest BCUT2D eigenvalue weighted by Gasteiger charge is 2.44. The number of piperazine rings is 1. The maximum absolute atomic E-state index is 14.0. The number of aliphatic hydroxyl groups is 1. The minimum absolute atomic E-state index is 0.0108. The van der Waals surface area contributed by atoms with Crippen LogP contribution >= 0.6 is 34.3 Å². The van der Waals surface area contributed by atoms with Crippen LogP contribution in [0.3, 0.4) is 0 Å². The largest absolute Gasteiger partial charge is 0.391 e. The van der Waals surface area contributed by atoms with Crippen LogP contribution in [0.15, 0.2) is 60.2 Å². The molecule has 0 saturated carbocycles. The third-order valence-corrected chi connectivity index (χ3v) is 14.4. The van der Waals surface area contributed by atoms with Crippen molar-refractivity contribution in [3.8, 4) is 10.4 Å². The molecule has 5 heterocycles. The summed E-state index contributed by atoms with van der Waals surface area (Å²) in [4.78, 5) is 91.1. The highest BCUT2D eigenvalue weighted by molar-refractivity contribution is 7.17. The molecule has 3 atom stereocenters. The third kappa shape index (κ3) is 14.3. The zero-order valence-corrected chi connectivity index (χ0v) is 43.7. The first-order chi connectivity index (χ1) is 34.4. The fraction of sp³-hybridized carbons (Fsp3) is 0.460. The SMILES string of the molecule is Cc1nc(Nc2ncc(C(=O)Nc3c(C)cccc3Cl)s2)cc(N2CCN(C(=O)CCOCCOCCC(=O)N[C@H](C(=O)N3C[C@H](O)C[C@H]3C(=O)NCc3ccc(-c4scnc4C)cc3)C(C)(C)C)CC2)n1. The van der Waals surface area contributed by atoms with Gasteiger partial charge < -0.3 is 50.5 Å². The molecular formula is C50H62ClN11O8S2. The summed E-state index contributed by atoms with van der Waals surface area (Å²) in [5.41, 5.74) is 5.40. The first kappa shape index (κ1) is 53.7. The summed E-state index contributed by atoms with van der Waals surface area (Å²) < 4.78 is 11.3. The van der Waals surface area contributed by atoms with E-state index >= 15 is 0 Å². The number of nitrogens with one attached hydrogen (secondary N) is 4. The number of aryl methyl sites for hydroxylation is 3. The molecule has 2 aromatic carbocycles. The molecule has 2 aliphatic heterocycles. The van der Waals surface area contributed by atoms with Gasteiger partial charge in [-0.3, -0.25) is 24.0 Å². The van der Waals surface area contributed by atoms with Gasteiger partial charge in [0.1, 0.15) is 34.4 Å². The van der Waals surface area contributed by atoms with E-state index in [4.69, 9.17) is 21.1 Å². The maximum Gasteiger partial charge on any atom is 0.267 e. The number of hydrogen-bond donors (Lipinski definition) is 5. The normalized spacial score (nSPS) is 16.4. The zero-order chi connectivity index (χ0) is 51.5. The fourth-order valence-electron chi connectivity index (χ4n) is 8.29. The lowest BCUT2D eigenvalue weighted by Gasteiger charge is -2.35. The van der Waals surface area contributed by atoms with Gasteiger partial charge in [-0.2, -0.15) is 0 Å². The monoisotopic (exact) mass is 1040 g/mol. The van der Waals surface area contributed by atoms with E-state index in [0.29, 0.717) is 64.4 Å². The minimum atomic E-state index is -0.956. The zero-order valence-electron chi connectivity index (χ0n) is 41.3. The quantitative estimate of drug-likeness (QED) is 0.0572. The first-order valence-corrected chi connectivity index (χ1v) is 25.9. The highest BCUT2D eigenvalue weighted by atomic mass is 35.5. The van der Waals surface area contributed by atoms with Crippen LogP contribution in [-0.2, 0) is 35.2 Å². The lowest BCUT2D eigenvalue weighted by Crippen LogP contribution is -2.57. The number of β-amino-alcohol motifs (C(OH)–C–C–N with tert-alkyl or cyclic N) is 1. The van der Waals surface area contributed by atoms with E-state index in [-0.39, 0.29) is 76.5 Å². The van der Waals surface area contributed by atoms with E-state index in [1.54, 1.807) is 29.2 Å². The summed E-state index contributed by atoms with van der Waals surface area (Å²) in [6, 6.07) is 13.2. The summed E-state index contributed by atoms with van der Waals surface area (Å²) in [5.74, 6) is 0.236. The predicted molar refractivity (Wildman–Crippen MR) is 278 cm³/mol. The van der Waals surface area contributed by atoms with Crippen LogP contribution in [0.4, 0.5) is 22.5 Å². The number of amides is 5. The van der Waals surface area contributed by atoms with Crippen LogP contribution in [0, 0.1) is 26.2 Å². The van der Waals surface area contributed by atoms with Crippen LogP contribution in [-0.4, -0.2) is 142 Å². The van der Waals surface area contributed by atoms with Crippen molar-refractivity contribution in [1.82, 2.24) is 40.4 Å². The molecule has 5 N–H and O–H groups in total. The fourth-order valence-corrected chi connectivity index (χ4v) is 10.1. The Morgan fingerprint density at radius 3 is 2.32 bits per heavy atom. The summed E-state index contributed by atoms with van der Waals surface area (Å²) in [5, 5.41) is 23.3. The number of rotatable bonds is 20. The van der Waals surface area contributed by atoms with Crippen molar-refractivity contribution in [3.63, 3.8) is 0 Å². The third-order valence-electron chi connectivity index (χ3n) is 12.2. The molecule has 5 aromatic rings. The van der Waals surface area contributed by atoms with Gasteiger partial charge in [-0.1, -0.05) is 80.1 Å². The Morgan fingerprint density at radius 2 is 1.64 bits per heavy atom. The smallest absolute Gasteiger partial charge is 0.267 e. The van der Waals surface area contributed by atoms with E-state index in [2.05, 4.69) is 46.1 Å². The van der Waals surface area contributed by atoms with Crippen molar-refractivity contribution in [2.24, 2.45) is 5.41 Å². The van der Waals surface area contributed by atoms with Gasteiger partial charge in [0.25, 0.3) is 5.91 Å². The van der Waals surface area contributed by atoms with Crippen molar-refractivity contribution in [2.45, 2.75) is 85.5 Å². The van der Waals surface area contributed by atoms with Crippen LogP contribution in [0.1, 0.15) is 72.4 Å². The molecule has 0 bridgehead atoms. The Bertz CT molecular complexity index is 2680. The first-order valence-electron chi connectivity index (χ1n) is 23.8. The molecule has 3 aromatic heterocycles. The van der Waals surface area contributed by atoms with E-state index in [1.807, 2.05) is 82.6 Å². The van der Waals surface area contributed by atoms with Gasteiger partial charge in [-0.05, 0) is 48.9 Å². The van der Waals surface area contributed by atoms with Gasteiger partial charge in [0.2, 0.25) is 23.6 Å². The van der Waals surface area contributed by atoms with Gasteiger partial charge in [0.05, 0.1) is 71.9 Å². The molecule has 2 saturated heterocycles. The van der Waals surface area contributed by atoms with Crippen LogP contribution < -0.4 is 26.2 Å². The van der Waals surface area contributed by atoms with Crippen molar-refractivity contribution in [2.75, 3.05) is 74.7 Å². The summed E-state index contributed by atoms with van der Waals surface area (Å²) in [6.45, 7) is 14.2. The van der Waals surface area contributed by atoms with E-state index in [1.165, 1.54) is 22.4 Å². The lowest BCUT2D eigenvalue weighted by atomic mass is 9.85. The Morgan fingerprint density at radius 1 is 0.917 bits per heavy atom. The standard InChI is InChI=1S/C50H62ClN11O8S2/c1-30-8-7-9-36(51)43(30)59-47(67)38-27-53-49(72-38)57-39-25-40(56-32(3)55-39)60-16-18-61(19-17-60)42(65)15-21-70-23-22-69-20-14-41(64)58-45(50(4,5)6)48(68)62-28-35(63)24-37(62)46(66)52-26-33-10-12-34(13-11-33)44-31(2)54-29-71-44/h7-13,25,27,29,35,37,45,63H,14-24,26,28H2,1-6H3,(H,52,66)(H,58,64)(H,59,67)(H,53,55,56,57)/t35-,37+,45-/m1/s1. The van der Waals surface area contributed by atoms with Crippen molar-refractivity contribution in [1.29, 1.82) is 0 Å². The number of halogens is 1. The van der Waals surface area contributed by atoms with Crippen LogP contribution in [0.2, 0.25) is 5.02 Å². The number of hydrogen-bond acceptors (Lipinski definition) is 16. The number of aliphatic hydroxyl groups excluding tert-OH is 1. The topological polar surface area (TPSA) is 233 Å². The summed E-state index contributed by atoms with van der Waals surface area (Å²) in [6.07, 6.45) is 0.900. The molecule has 0 radical (unpaired) electrons. The second-order valence-corrected chi connectivity index (χ2v) is 21.0. The van der Waals surface area contributed by atoms with Crippen molar-refractivity contribution < 1.29 is 38.6 Å².